The number of halogens is 1. The van der Waals surface area contributed by atoms with E-state index in [-0.39, 0.29) is 0 Å². The van der Waals surface area contributed by atoms with Crippen LogP contribution in [0.1, 0.15) is 45.4 Å². The monoisotopic (exact) mass is 247 g/mol. The number of piperidine rings is 1. The van der Waals surface area contributed by atoms with E-state index in [0.717, 1.165) is 4.83 Å². The van der Waals surface area contributed by atoms with Gasteiger partial charge in [-0.25, -0.2) is 0 Å². The van der Waals surface area contributed by atoms with E-state index >= 15 is 0 Å². The average molecular weight is 248 g/mol. The number of hydrogen-bond donors (Lipinski definition) is 0. The third-order valence-electron chi connectivity index (χ3n) is 2.85. The summed E-state index contributed by atoms with van der Waals surface area (Å²) in [6, 6.07) is 0. The Morgan fingerprint density at radius 1 is 1.15 bits per heavy atom. The molecule has 0 bridgehead atoms. The molecule has 0 spiro atoms. The van der Waals surface area contributed by atoms with E-state index in [0.29, 0.717) is 0 Å². The zero-order chi connectivity index (χ0) is 9.52. The molecular formula is C11H22BrN. The lowest BCUT2D eigenvalue weighted by Crippen LogP contribution is -2.34. The fourth-order valence-corrected chi connectivity index (χ4v) is 2.30. The summed E-state index contributed by atoms with van der Waals surface area (Å²) < 4.78 is 0. The molecule has 1 nitrogen and oxygen atoms in total. The van der Waals surface area contributed by atoms with E-state index in [4.69, 9.17) is 0 Å². The third kappa shape index (κ3) is 5.02. The average Bonchev–Trinajstić information content (AvgIpc) is 2.15. The molecule has 78 valence electrons. The van der Waals surface area contributed by atoms with Crippen LogP contribution in [0, 0.1) is 0 Å². The standard InChI is InChI=1S/C11H22BrN/c1-2-3-4-5-8-13-9-6-11(12)7-10-13/h11H,2-10H2,1H3. The molecule has 0 unspecified atom stereocenters. The predicted octanol–water partition coefficient (Wildman–Crippen LogP) is 3.43. The Morgan fingerprint density at radius 2 is 1.85 bits per heavy atom. The summed E-state index contributed by atoms with van der Waals surface area (Å²) in [4.78, 5) is 3.41. The number of hydrogen-bond acceptors (Lipinski definition) is 1. The summed E-state index contributed by atoms with van der Waals surface area (Å²) in [7, 11) is 0. The van der Waals surface area contributed by atoms with Gasteiger partial charge in [0.15, 0.2) is 0 Å². The maximum atomic E-state index is 3.68. The van der Waals surface area contributed by atoms with Gasteiger partial charge in [0.05, 0.1) is 0 Å². The van der Waals surface area contributed by atoms with Gasteiger partial charge in [0.1, 0.15) is 0 Å². The van der Waals surface area contributed by atoms with Gasteiger partial charge in [0.2, 0.25) is 0 Å². The first-order chi connectivity index (χ1) is 6.33. The Labute approximate surface area is 91.0 Å². The van der Waals surface area contributed by atoms with Crippen molar-refractivity contribution < 1.29 is 0 Å². The smallest absolute Gasteiger partial charge is 0.0170 e. The van der Waals surface area contributed by atoms with Gasteiger partial charge in [-0.15, -0.1) is 0 Å². The van der Waals surface area contributed by atoms with Crippen LogP contribution in [0.5, 0.6) is 0 Å². The Kier molecular flexibility index (Phi) is 6.05. The number of nitrogens with zero attached hydrogens (tertiary/aromatic N) is 1. The van der Waals surface area contributed by atoms with Crippen molar-refractivity contribution in [2.45, 2.75) is 50.3 Å². The summed E-state index contributed by atoms with van der Waals surface area (Å²) in [5, 5.41) is 0. The van der Waals surface area contributed by atoms with Gasteiger partial charge < -0.3 is 4.90 Å². The van der Waals surface area contributed by atoms with Gasteiger partial charge in [-0.2, -0.15) is 0 Å². The van der Waals surface area contributed by atoms with Gasteiger partial charge in [0.25, 0.3) is 0 Å². The van der Waals surface area contributed by atoms with Crippen molar-refractivity contribution in [1.82, 2.24) is 4.90 Å². The molecule has 1 fully saturated rings. The molecule has 0 aliphatic carbocycles. The van der Waals surface area contributed by atoms with Crippen molar-refractivity contribution in [3.63, 3.8) is 0 Å². The van der Waals surface area contributed by atoms with E-state index < -0.39 is 0 Å². The lowest BCUT2D eigenvalue weighted by molar-refractivity contribution is 0.229. The van der Waals surface area contributed by atoms with Crippen LogP contribution in [0.4, 0.5) is 0 Å². The molecular weight excluding hydrogens is 226 g/mol. The molecule has 0 amide bonds. The minimum atomic E-state index is 0.791. The number of rotatable bonds is 5. The van der Waals surface area contributed by atoms with E-state index in [9.17, 15) is 0 Å². The summed E-state index contributed by atoms with van der Waals surface area (Å²) in [5.41, 5.74) is 0. The molecule has 2 heteroatoms. The van der Waals surface area contributed by atoms with Gasteiger partial charge in [0, 0.05) is 4.83 Å². The molecule has 0 aromatic rings. The van der Waals surface area contributed by atoms with Crippen LogP contribution >= 0.6 is 15.9 Å². The first-order valence-electron chi connectivity index (χ1n) is 5.69. The molecule has 13 heavy (non-hydrogen) atoms. The SMILES string of the molecule is CCCCCCN1CCC(Br)CC1. The van der Waals surface area contributed by atoms with Gasteiger partial charge >= 0.3 is 0 Å². The Morgan fingerprint density at radius 3 is 2.46 bits per heavy atom. The largest absolute Gasteiger partial charge is 0.303 e. The van der Waals surface area contributed by atoms with Crippen LogP contribution in [-0.4, -0.2) is 29.4 Å². The highest BCUT2D eigenvalue weighted by Crippen LogP contribution is 2.17. The molecule has 0 aromatic carbocycles. The van der Waals surface area contributed by atoms with Crippen molar-refractivity contribution in [1.29, 1.82) is 0 Å². The second kappa shape index (κ2) is 6.83. The highest BCUT2D eigenvalue weighted by atomic mass is 79.9. The fraction of sp³-hybridized carbons (Fsp3) is 1.00. The van der Waals surface area contributed by atoms with Crippen LogP contribution in [0.15, 0.2) is 0 Å². The van der Waals surface area contributed by atoms with Crippen LogP contribution in [0.3, 0.4) is 0 Å². The fourth-order valence-electron chi connectivity index (χ4n) is 1.89. The van der Waals surface area contributed by atoms with Crippen LogP contribution < -0.4 is 0 Å². The van der Waals surface area contributed by atoms with Crippen LogP contribution in [-0.2, 0) is 0 Å². The Hall–Kier alpha value is 0.440. The molecule has 1 aliphatic rings. The Bertz CT molecular complexity index is 119. The molecule has 0 saturated carbocycles. The topological polar surface area (TPSA) is 3.24 Å². The first-order valence-corrected chi connectivity index (χ1v) is 6.61. The minimum absolute atomic E-state index is 0.791. The molecule has 1 rings (SSSR count). The lowest BCUT2D eigenvalue weighted by Gasteiger charge is -2.29. The van der Waals surface area contributed by atoms with Gasteiger partial charge in [-0.1, -0.05) is 42.1 Å². The zero-order valence-electron chi connectivity index (χ0n) is 8.77. The second-order valence-corrected chi connectivity index (χ2v) is 5.37. The second-order valence-electron chi connectivity index (χ2n) is 4.08. The van der Waals surface area contributed by atoms with E-state index in [2.05, 4.69) is 27.8 Å². The van der Waals surface area contributed by atoms with Crippen molar-refractivity contribution in [3.05, 3.63) is 0 Å². The summed E-state index contributed by atoms with van der Waals surface area (Å²) in [5.74, 6) is 0. The normalized spacial score (nSPS) is 20.8. The molecule has 0 aromatic heterocycles. The van der Waals surface area contributed by atoms with Crippen LogP contribution in [0.25, 0.3) is 0 Å². The highest BCUT2D eigenvalue weighted by molar-refractivity contribution is 9.09. The van der Waals surface area contributed by atoms with E-state index in [1.165, 1.54) is 58.2 Å². The molecule has 1 heterocycles. The minimum Gasteiger partial charge on any atom is -0.303 e. The number of likely N-dealkylation sites (tertiary alicyclic amines) is 1. The maximum absolute atomic E-state index is 3.68. The Balaban J connectivity index is 1.96. The quantitative estimate of drug-likeness (QED) is 0.532. The lowest BCUT2D eigenvalue weighted by atomic mass is 10.1. The van der Waals surface area contributed by atoms with Gasteiger partial charge in [-0.3, -0.25) is 0 Å². The van der Waals surface area contributed by atoms with E-state index in [1.54, 1.807) is 0 Å². The molecule has 1 aliphatic heterocycles. The summed E-state index contributed by atoms with van der Waals surface area (Å²) in [6.07, 6.45) is 8.27. The molecule has 0 radical (unpaired) electrons. The number of unbranched alkanes of at least 4 members (excludes halogenated alkanes) is 3. The molecule has 1 saturated heterocycles. The number of alkyl halides is 1. The first kappa shape index (κ1) is 11.5. The third-order valence-corrected chi connectivity index (χ3v) is 3.76. The van der Waals surface area contributed by atoms with Crippen molar-refractivity contribution in [3.8, 4) is 0 Å². The van der Waals surface area contributed by atoms with Crippen LogP contribution in [0.2, 0.25) is 0 Å². The van der Waals surface area contributed by atoms with Crippen molar-refractivity contribution in [2.24, 2.45) is 0 Å². The zero-order valence-corrected chi connectivity index (χ0v) is 10.4. The highest BCUT2D eigenvalue weighted by Gasteiger charge is 2.15. The molecule has 0 N–H and O–H groups in total. The van der Waals surface area contributed by atoms with Crippen molar-refractivity contribution >= 4 is 15.9 Å². The van der Waals surface area contributed by atoms with E-state index in [1.807, 2.05) is 0 Å². The molecule has 0 atom stereocenters. The van der Waals surface area contributed by atoms with Gasteiger partial charge in [-0.05, 0) is 38.9 Å². The van der Waals surface area contributed by atoms with Crippen molar-refractivity contribution in [2.75, 3.05) is 19.6 Å². The predicted molar refractivity (Wildman–Crippen MR) is 62.5 cm³/mol. The summed E-state index contributed by atoms with van der Waals surface area (Å²) >= 11 is 3.68. The maximum Gasteiger partial charge on any atom is 0.0170 e. The summed E-state index contributed by atoms with van der Waals surface area (Å²) in [6.45, 7) is 6.22.